The molecule has 0 saturated carbocycles. The van der Waals surface area contributed by atoms with Crippen LogP contribution >= 0.6 is 0 Å². The Kier molecular flexibility index (Phi) is 1.89. The summed E-state index contributed by atoms with van der Waals surface area (Å²) in [6.07, 6.45) is 5.22. The lowest BCUT2D eigenvalue weighted by Crippen LogP contribution is -2.16. The molecule has 1 aliphatic rings. The molecule has 1 atom stereocenters. The molecule has 0 radical (unpaired) electrons. The van der Waals surface area contributed by atoms with E-state index in [4.69, 9.17) is 0 Å². The van der Waals surface area contributed by atoms with Crippen molar-refractivity contribution in [2.24, 2.45) is 0 Å². The first kappa shape index (κ1) is 7.80. The van der Waals surface area contributed by atoms with Gasteiger partial charge in [-0.2, -0.15) is 0 Å². The first-order valence-corrected chi connectivity index (χ1v) is 4.45. The minimum absolute atomic E-state index is 0.650. The van der Waals surface area contributed by atoms with Crippen LogP contribution in [0, 0.1) is 6.92 Å². The van der Waals surface area contributed by atoms with Gasteiger partial charge in [-0.25, -0.2) is 4.98 Å². The van der Waals surface area contributed by atoms with Crippen molar-refractivity contribution in [3.8, 4) is 0 Å². The molecule has 1 unspecified atom stereocenters. The van der Waals surface area contributed by atoms with Gasteiger partial charge in [-0.05, 0) is 26.9 Å². The van der Waals surface area contributed by atoms with Crippen molar-refractivity contribution in [2.75, 3.05) is 20.1 Å². The Morgan fingerprint density at radius 1 is 1.58 bits per heavy atom. The maximum absolute atomic E-state index is 4.23. The molecular weight excluding hydrogens is 150 g/mol. The third kappa shape index (κ3) is 1.25. The molecule has 0 aromatic carbocycles. The summed E-state index contributed by atoms with van der Waals surface area (Å²) in [5.74, 6) is 1.13. The van der Waals surface area contributed by atoms with Crippen molar-refractivity contribution in [1.29, 1.82) is 0 Å². The van der Waals surface area contributed by atoms with Crippen LogP contribution in [0.5, 0.6) is 0 Å². The summed E-state index contributed by atoms with van der Waals surface area (Å²) in [5.41, 5.74) is 0. The molecule has 0 amide bonds. The number of imidazole rings is 1. The number of aromatic nitrogens is 2. The van der Waals surface area contributed by atoms with Crippen molar-refractivity contribution < 1.29 is 0 Å². The van der Waals surface area contributed by atoms with Crippen LogP contribution in [0.4, 0.5) is 0 Å². The third-order valence-electron chi connectivity index (χ3n) is 2.62. The van der Waals surface area contributed by atoms with Gasteiger partial charge in [-0.15, -0.1) is 0 Å². The fraction of sp³-hybridized carbons (Fsp3) is 0.667. The Labute approximate surface area is 73.0 Å². The summed E-state index contributed by atoms with van der Waals surface area (Å²) in [4.78, 5) is 6.60. The Morgan fingerprint density at radius 2 is 2.42 bits per heavy atom. The van der Waals surface area contributed by atoms with E-state index < -0.39 is 0 Å². The SMILES string of the molecule is Cc1nccn1C1CCN(C)C1. The largest absolute Gasteiger partial charge is 0.331 e. The second-order valence-electron chi connectivity index (χ2n) is 3.59. The highest BCUT2D eigenvalue weighted by atomic mass is 15.2. The molecule has 0 N–H and O–H groups in total. The zero-order chi connectivity index (χ0) is 8.55. The minimum Gasteiger partial charge on any atom is -0.331 e. The highest BCUT2D eigenvalue weighted by Crippen LogP contribution is 2.20. The van der Waals surface area contributed by atoms with E-state index in [2.05, 4.69) is 34.6 Å². The van der Waals surface area contributed by atoms with Gasteiger partial charge in [0.05, 0.1) is 0 Å². The molecule has 2 rings (SSSR count). The van der Waals surface area contributed by atoms with Crippen LogP contribution in [-0.4, -0.2) is 34.6 Å². The molecule has 1 saturated heterocycles. The molecular formula is C9H15N3. The Bertz CT molecular complexity index is 266. The highest BCUT2D eigenvalue weighted by molar-refractivity contribution is 4.94. The average molecular weight is 165 g/mol. The first-order valence-electron chi connectivity index (χ1n) is 4.45. The zero-order valence-corrected chi connectivity index (χ0v) is 7.70. The first-order chi connectivity index (χ1) is 5.77. The molecule has 1 fully saturated rings. The molecule has 66 valence electrons. The molecule has 12 heavy (non-hydrogen) atoms. The van der Waals surface area contributed by atoms with E-state index in [1.807, 2.05) is 6.20 Å². The van der Waals surface area contributed by atoms with E-state index in [9.17, 15) is 0 Å². The minimum atomic E-state index is 0.650. The number of hydrogen-bond donors (Lipinski definition) is 0. The topological polar surface area (TPSA) is 21.1 Å². The summed E-state index contributed by atoms with van der Waals surface area (Å²) < 4.78 is 2.28. The van der Waals surface area contributed by atoms with E-state index in [-0.39, 0.29) is 0 Å². The van der Waals surface area contributed by atoms with E-state index >= 15 is 0 Å². The van der Waals surface area contributed by atoms with Gasteiger partial charge in [0.2, 0.25) is 0 Å². The molecule has 0 bridgehead atoms. The van der Waals surface area contributed by atoms with E-state index in [0.717, 1.165) is 12.4 Å². The van der Waals surface area contributed by atoms with Crippen LogP contribution in [0.15, 0.2) is 12.4 Å². The van der Waals surface area contributed by atoms with Gasteiger partial charge in [0.1, 0.15) is 5.82 Å². The van der Waals surface area contributed by atoms with Crippen LogP contribution in [0.25, 0.3) is 0 Å². The second-order valence-corrected chi connectivity index (χ2v) is 3.59. The molecule has 1 aromatic rings. The van der Waals surface area contributed by atoms with Crippen molar-refractivity contribution in [3.05, 3.63) is 18.2 Å². The van der Waals surface area contributed by atoms with Crippen molar-refractivity contribution in [3.63, 3.8) is 0 Å². The number of rotatable bonds is 1. The normalized spacial score (nSPS) is 25.0. The van der Waals surface area contributed by atoms with Crippen LogP contribution in [0.2, 0.25) is 0 Å². The number of likely N-dealkylation sites (tertiary alicyclic amines) is 1. The van der Waals surface area contributed by atoms with Crippen LogP contribution in [0.3, 0.4) is 0 Å². The Balaban J connectivity index is 2.16. The van der Waals surface area contributed by atoms with Gasteiger partial charge in [0.15, 0.2) is 0 Å². The maximum atomic E-state index is 4.23. The third-order valence-corrected chi connectivity index (χ3v) is 2.62. The molecule has 1 aliphatic heterocycles. The summed E-state index contributed by atoms with van der Waals surface area (Å²) in [7, 11) is 2.17. The Morgan fingerprint density at radius 3 is 2.92 bits per heavy atom. The summed E-state index contributed by atoms with van der Waals surface area (Å²) in [6, 6.07) is 0.650. The van der Waals surface area contributed by atoms with E-state index in [0.29, 0.717) is 6.04 Å². The predicted molar refractivity (Wildman–Crippen MR) is 48.1 cm³/mol. The smallest absolute Gasteiger partial charge is 0.105 e. The standard InChI is InChI=1S/C9H15N3/c1-8-10-4-6-12(8)9-3-5-11(2)7-9/h4,6,9H,3,5,7H2,1-2H3. The molecule has 1 aromatic heterocycles. The highest BCUT2D eigenvalue weighted by Gasteiger charge is 2.21. The van der Waals surface area contributed by atoms with Crippen LogP contribution in [-0.2, 0) is 0 Å². The summed E-state index contributed by atoms with van der Waals surface area (Å²) >= 11 is 0. The fourth-order valence-corrected chi connectivity index (χ4v) is 1.91. The van der Waals surface area contributed by atoms with Gasteiger partial charge < -0.3 is 9.47 Å². The number of aryl methyl sites for hydroxylation is 1. The number of likely N-dealkylation sites (N-methyl/N-ethyl adjacent to an activating group) is 1. The molecule has 0 spiro atoms. The van der Waals surface area contributed by atoms with Crippen molar-refractivity contribution in [2.45, 2.75) is 19.4 Å². The van der Waals surface area contributed by atoms with Gasteiger partial charge >= 0.3 is 0 Å². The van der Waals surface area contributed by atoms with Crippen molar-refractivity contribution in [1.82, 2.24) is 14.5 Å². The molecule has 2 heterocycles. The van der Waals surface area contributed by atoms with E-state index in [1.54, 1.807) is 0 Å². The summed E-state index contributed by atoms with van der Waals surface area (Å²) in [6.45, 7) is 4.44. The second kappa shape index (κ2) is 2.90. The quantitative estimate of drug-likeness (QED) is 0.620. The molecule has 3 heteroatoms. The number of hydrogen-bond acceptors (Lipinski definition) is 2. The fourth-order valence-electron chi connectivity index (χ4n) is 1.91. The van der Waals surface area contributed by atoms with Gasteiger partial charge in [0, 0.05) is 25.0 Å². The zero-order valence-electron chi connectivity index (χ0n) is 7.70. The Hall–Kier alpha value is -0.830. The van der Waals surface area contributed by atoms with E-state index in [1.165, 1.54) is 13.0 Å². The number of nitrogens with zero attached hydrogens (tertiary/aromatic N) is 3. The van der Waals surface area contributed by atoms with Crippen molar-refractivity contribution >= 4 is 0 Å². The molecule has 3 nitrogen and oxygen atoms in total. The molecule has 0 aliphatic carbocycles. The monoisotopic (exact) mass is 165 g/mol. The lowest BCUT2D eigenvalue weighted by Gasteiger charge is -2.13. The lowest BCUT2D eigenvalue weighted by atomic mass is 10.2. The van der Waals surface area contributed by atoms with Gasteiger partial charge in [-0.3, -0.25) is 0 Å². The van der Waals surface area contributed by atoms with Gasteiger partial charge in [-0.1, -0.05) is 0 Å². The average Bonchev–Trinajstić information content (AvgIpc) is 2.58. The lowest BCUT2D eigenvalue weighted by molar-refractivity contribution is 0.390. The van der Waals surface area contributed by atoms with Crippen LogP contribution in [0.1, 0.15) is 18.3 Å². The maximum Gasteiger partial charge on any atom is 0.105 e. The van der Waals surface area contributed by atoms with Crippen LogP contribution < -0.4 is 0 Å². The summed E-state index contributed by atoms with van der Waals surface area (Å²) in [5, 5.41) is 0. The van der Waals surface area contributed by atoms with Gasteiger partial charge in [0.25, 0.3) is 0 Å². The predicted octanol–water partition coefficient (Wildman–Crippen LogP) is 1.07.